The molecule has 1 atom stereocenters. The van der Waals surface area contributed by atoms with Crippen LogP contribution >= 0.6 is 0 Å². The lowest BCUT2D eigenvalue weighted by atomic mass is 9.94. The highest BCUT2D eigenvalue weighted by molar-refractivity contribution is 5.13. The average Bonchev–Trinajstić information content (AvgIpc) is 2.46. The summed E-state index contributed by atoms with van der Waals surface area (Å²) in [6.07, 6.45) is 1.90. The molecule has 106 valence electrons. The first kappa shape index (κ1) is 15.7. The summed E-state index contributed by atoms with van der Waals surface area (Å²) in [7, 11) is 3.58. The van der Waals surface area contributed by atoms with Gasteiger partial charge in [0.1, 0.15) is 5.76 Å². The second-order valence-corrected chi connectivity index (χ2v) is 4.85. The van der Waals surface area contributed by atoms with Crippen LogP contribution in [0.1, 0.15) is 25.3 Å². The molecule has 0 heterocycles. The van der Waals surface area contributed by atoms with Crippen molar-refractivity contribution in [2.45, 2.75) is 31.9 Å². The van der Waals surface area contributed by atoms with E-state index in [1.165, 1.54) is 5.56 Å². The molecule has 19 heavy (non-hydrogen) atoms. The van der Waals surface area contributed by atoms with Crippen molar-refractivity contribution < 1.29 is 9.47 Å². The predicted molar refractivity (Wildman–Crippen MR) is 78.9 cm³/mol. The number of hydrogen-bond donors (Lipinski definition) is 1. The van der Waals surface area contributed by atoms with E-state index in [9.17, 15) is 0 Å². The Hall–Kier alpha value is -1.32. The molecule has 0 aromatic heterocycles. The Morgan fingerprint density at radius 1 is 1.32 bits per heavy atom. The summed E-state index contributed by atoms with van der Waals surface area (Å²) in [5.74, 6) is 0.762. The van der Waals surface area contributed by atoms with Gasteiger partial charge in [-0.05, 0) is 32.4 Å². The normalized spacial score (nSPS) is 13.8. The van der Waals surface area contributed by atoms with Crippen molar-refractivity contribution in [1.82, 2.24) is 5.32 Å². The molecule has 0 aliphatic heterocycles. The topological polar surface area (TPSA) is 30.5 Å². The first-order valence-corrected chi connectivity index (χ1v) is 6.66. The summed E-state index contributed by atoms with van der Waals surface area (Å²) in [5.41, 5.74) is 1.02. The van der Waals surface area contributed by atoms with Crippen LogP contribution in [0.5, 0.6) is 0 Å². The summed E-state index contributed by atoms with van der Waals surface area (Å²) in [5, 5.41) is 3.26. The van der Waals surface area contributed by atoms with Gasteiger partial charge in [0, 0.05) is 6.61 Å². The second kappa shape index (κ2) is 7.97. The van der Waals surface area contributed by atoms with Gasteiger partial charge in [0.05, 0.1) is 19.3 Å². The third-order valence-electron chi connectivity index (χ3n) is 3.49. The van der Waals surface area contributed by atoms with E-state index < -0.39 is 0 Å². The van der Waals surface area contributed by atoms with E-state index in [0.29, 0.717) is 6.61 Å². The second-order valence-electron chi connectivity index (χ2n) is 4.85. The molecular formula is C16H25NO2. The molecule has 1 unspecified atom stereocenters. The standard InChI is InChI=1S/C16H25NO2/c1-14(18-4)16(2,17-3)11-8-12-19-13-15-9-6-5-7-10-15/h5-7,9-10,17H,1,8,11-13H2,2-4H3. The zero-order valence-electron chi connectivity index (χ0n) is 12.2. The lowest BCUT2D eigenvalue weighted by molar-refractivity contribution is 0.108. The van der Waals surface area contributed by atoms with Crippen LogP contribution in [-0.2, 0) is 16.1 Å². The third kappa shape index (κ3) is 5.05. The predicted octanol–water partition coefficient (Wildman–Crippen LogP) is 3.12. The van der Waals surface area contributed by atoms with E-state index in [-0.39, 0.29) is 5.54 Å². The van der Waals surface area contributed by atoms with E-state index in [4.69, 9.17) is 9.47 Å². The number of benzene rings is 1. The van der Waals surface area contributed by atoms with Gasteiger partial charge < -0.3 is 14.8 Å². The molecule has 1 aromatic carbocycles. The maximum absolute atomic E-state index is 5.67. The van der Waals surface area contributed by atoms with E-state index in [1.807, 2.05) is 25.2 Å². The van der Waals surface area contributed by atoms with Crippen molar-refractivity contribution in [3.05, 3.63) is 48.2 Å². The number of rotatable bonds is 9. The van der Waals surface area contributed by atoms with E-state index in [0.717, 1.165) is 25.2 Å². The smallest absolute Gasteiger partial charge is 0.108 e. The molecule has 0 bridgehead atoms. The number of ether oxygens (including phenoxy) is 2. The van der Waals surface area contributed by atoms with Crippen molar-refractivity contribution in [2.75, 3.05) is 20.8 Å². The minimum atomic E-state index is -0.190. The molecule has 3 heteroatoms. The lowest BCUT2D eigenvalue weighted by Crippen LogP contribution is -2.42. The fraction of sp³-hybridized carbons (Fsp3) is 0.500. The zero-order valence-corrected chi connectivity index (χ0v) is 12.2. The Labute approximate surface area is 116 Å². The number of nitrogens with one attached hydrogen (secondary N) is 1. The highest BCUT2D eigenvalue weighted by Crippen LogP contribution is 2.21. The SMILES string of the molecule is C=C(OC)C(C)(CCCOCc1ccccc1)NC. The van der Waals surface area contributed by atoms with E-state index in [2.05, 4.69) is 31.0 Å². The Morgan fingerprint density at radius 2 is 2.00 bits per heavy atom. The summed E-state index contributed by atoms with van der Waals surface area (Å²) in [6, 6.07) is 10.2. The first-order valence-electron chi connectivity index (χ1n) is 6.66. The zero-order chi connectivity index (χ0) is 14.1. The molecule has 0 radical (unpaired) electrons. The van der Waals surface area contributed by atoms with Gasteiger partial charge in [0.2, 0.25) is 0 Å². The molecule has 0 saturated heterocycles. The van der Waals surface area contributed by atoms with Crippen molar-refractivity contribution >= 4 is 0 Å². The third-order valence-corrected chi connectivity index (χ3v) is 3.49. The van der Waals surface area contributed by atoms with E-state index >= 15 is 0 Å². The van der Waals surface area contributed by atoms with Gasteiger partial charge in [-0.2, -0.15) is 0 Å². The molecule has 0 aliphatic carbocycles. The Morgan fingerprint density at radius 3 is 2.58 bits per heavy atom. The van der Waals surface area contributed by atoms with Crippen LogP contribution < -0.4 is 5.32 Å². The molecule has 0 saturated carbocycles. The monoisotopic (exact) mass is 263 g/mol. The molecule has 1 rings (SSSR count). The van der Waals surface area contributed by atoms with Crippen molar-refractivity contribution in [2.24, 2.45) is 0 Å². The van der Waals surface area contributed by atoms with Crippen LogP contribution in [0.25, 0.3) is 0 Å². The summed E-state index contributed by atoms with van der Waals surface area (Å²) >= 11 is 0. The number of methoxy groups -OCH3 is 1. The highest BCUT2D eigenvalue weighted by Gasteiger charge is 2.26. The Kier molecular flexibility index (Phi) is 6.60. The van der Waals surface area contributed by atoms with Crippen molar-refractivity contribution in [3.63, 3.8) is 0 Å². The molecule has 0 spiro atoms. The Balaban J connectivity index is 2.25. The van der Waals surface area contributed by atoms with Crippen molar-refractivity contribution in [3.8, 4) is 0 Å². The van der Waals surface area contributed by atoms with Gasteiger partial charge in [0.25, 0.3) is 0 Å². The molecule has 0 fully saturated rings. The summed E-state index contributed by atoms with van der Waals surface area (Å²) < 4.78 is 10.9. The maximum atomic E-state index is 5.67. The molecule has 0 amide bonds. The van der Waals surface area contributed by atoms with Gasteiger partial charge in [-0.1, -0.05) is 36.9 Å². The summed E-state index contributed by atoms with van der Waals surface area (Å²) in [6.45, 7) is 7.44. The van der Waals surface area contributed by atoms with E-state index in [1.54, 1.807) is 7.11 Å². The molecule has 0 aliphatic rings. The number of hydrogen-bond acceptors (Lipinski definition) is 3. The van der Waals surface area contributed by atoms with Crippen LogP contribution in [0.4, 0.5) is 0 Å². The van der Waals surface area contributed by atoms with Crippen LogP contribution in [0, 0.1) is 0 Å². The van der Waals surface area contributed by atoms with Crippen LogP contribution in [-0.4, -0.2) is 26.3 Å². The molecular weight excluding hydrogens is 238 g/mol. The van der Waals surface area contributed by atoms with Crippen molar-refractivity contribution in [1.29, 1.82) is 0 Å². The molecule has 1 N–H and O–H groups in total. The summed E-state index contributed by atoms with van der Waals surface area (Å²) in [4.78, 5) is 0. The van der Waals surface area contributed by atoms with Gasteiger partial charge in [-0.3, -0.25) is 0 Å². The largest absolute Gasteiger partial charge is 0.500 e. The Bertz CT molecular complexity index is 378. The van der Waals surface area contributed by atoms with Crippen LogP contribution in [0.15, 0.2) is 42.7 Å². The van der Waals surface area contributed by atoms with Gasteiger partial charge in [0.15, 0.2) is 0 Å². The molecule has 1 aromatic rings. The van der Waals surface area contributed by atoms with Crippen LogP contribution in [0.2, 0.25) is 0 Å². The lowest BCUT2D eigenvalue weighted by Gasteiger charge is -2.30. The van der Waals surface area contributed by atoms with Crippen LogP contribution in [0.3, 0.4) is 0 Å². The maximum Gasteiger partial charge on any atom is 0.108 e. The minimum absolute atomic E-state index is 0.190. The van der Waals surface area contributed by atoms with Gasteiger partial charge in [-0.25, -0.2) is 0 Å². The fourth-order valence-corrected chi connectivity index (χ4v) is 1.92. The van der Waals surface area contributed by atoms with Gasteiger partial charge in [-0.15, -0.1) is 0 Å². The minimum Gasteiger partial charge on any atom is -0.500 e. The quantitative estimate of drug-likeness (QED) is 0.548. The van der Waals surface area contributed by atoms with Gasteiger partial charge >= 0.3 is 0 Å². The molecule has 3 nitrogen and oxygen atoms in total. The average molecular weight is 263 g/mol. The highest BCUT2D eigenvalue weighted by atomic mass is 16.5. The first-order chi connectivity index (χ1) is 9.12. The fourth-order valence-electron chi connectivity index (χ4n) is 1.92. The number of likely N-dealkylation sites (N-methyl/N-ethyl adjacent to an activating group) is 1.